The summed E-state index contributed by atoms with van der Waals surface area (Å²) in [6.45, 7) is 2.24. The lowest BCUT2D eigenvalue weighted by Crippen LogP contribution is -1.92. The van der Waals surface area contributed by atoms with Crippen LogP contribution >= 0.6 is 9.24 Å². The van der Waals surface area contributed by atoms with Crippen molar-refractivity contribution in [1.82, 2.24) is 0 Å². The highest BCUT2D eigenvalue weighted by atomic mass is 31.0. The lowest BCUT2D eigenvalue weighted by molar-refractivity contribution is 0.881. The van der Waals surface area contributed by atoms with Crippen molar-refractivity contribution >= 4 is 9.24 Å². The third-order valence-electron chi connectivity index (χ3n) is 1.72. The van der Waals surface area contributed by atoms with Crippen molar-refractivity contribution in [2.24, 2.45) is 0 Å². The molecule has 2 atom stereocenters. The predicted octanol–water partition coefficient (Wildman–Crippen LogP) is 2.67. The summed E-state index contributed by atoms with van der Waals surface area (Å²) in [4.78, 5) is 0. The van der Waals surface area contributed by atoms with Crippen molar-refractivity contribution in [3.63, 3.8) is 0 Å². The van der Waals surface area contributed by atoms with Gasteiger partial charge in [0.2, 0.25) is 0 Å². The number of hydrogen-bond donors (Lipinski definition) is 0. The zero-order chi connectivity index (χ0) is 7.40. The van der Waals surface area contributed by atoms with Crippen molar-refractivity contribution in [1.29, 1.82) is 0 Å². The molecule has 0 saturated heterocycles. The molecular formula is C9H13P. The Hall–Kier alpha value is -0.350. The predicted molar refractivity (Wildman–Crippen MR) is 49.4 cm³/mol. The molecule has 1 aromatic rings. The Balaban J connectivity index is 2.75. The van der Waals surface area contributed by atoms with Gasteiger partial charge in [-0.15, -0.1) is 9.24 Å². The summed E-state index contributed by atoms with van der Waals surface area (Å²) in [6, 6.07) is 10.6. The van der Waals surface area contributed by atoms with Crippen LogP contribution in [0.4, 0.5) is 0 Å². The van der Waals surface area contributed by atoms with Crippen LogP contribution in [-0.4, -0.2) is 6.16 Å². The van der Waals surface area contributed by atoms with E-state index in [-0.39, 0.29) is 0 Å². The van der Waals surface area contributed by atoms with Gasteiger partial charge in [-0.3, -0.25) is 0 Å². The molecule has 2 unspecified atom stereocenters. The molecule has 0 N–H and O–H groups in total. The molecule has 10 heavy (non-hydrogen) atoms. The monoisotopic (exact) mass is 152 g/mol. The van der Waals surface area contributed by atoms with E-state index in [0.29, 0.717) is 5.92 Å². The number of rotatable bonds is 2. The molecule has 0 bridgehead atoms. The Labute approximate surface area is 64.9 Å². The van der Waals surface area contributed by atoms with Gasteiger partial charge in [0.25, 0.3) is 0 Å². The molecule has 54 valence electrons. The minimum Gasteiger partial charge on any atom is -0.137 e. The minimum atomic E-state index is 0.672. The average molecular weight is 152 g/mol. The van der Waals surface area contributed by atoms with Crippen LogP contribution in [0.3, 0.4) is 0 Å². The molecule has 0 radical (unpaired) electrons. The van der Waals surface area contributed by atoms with Crippen LogP contribution in [-0.2, 0) is 0 Å². The molecule has 0 saturated carbocycles. The minimum absolute atomic E-state index is 0.672. The Morgan fingerprint density at radius 2 is 1.90 bits per heavy atom. The molecule has 0 heterocycles. The van der Waals surface area contributed by atoms with Gasteiger partial charge < -0.3 is 0 Å². The highest BCUT2D eigenvalue weighted by Gasteiger charge is 1.98. The van der Waals surface area contributed by atoms with Gasteiger partial charge in [0.15, 0.2) is 0 Å². The zero-order valence-electron chi connectivity index (χ0n) is 6.25. The lowest BCUT2D eigenvalue weighted by Gasteiger charge is -2.06. The molecular weight excluding hydrogens is 139 g/mol. The summed E-state index contributed by atoms with van der Waals surface area (Å²) in [5.74, 6) is 0.672. The van der Waals surface area contributed by atoms with Gasteiger partial charge >= 0.3 is 0 Å². The van der Waals surface area contributed by atoms with E-state index in [2.05, 4.69) is 46.5 Å². The summed E-state index contributed by atoms with van der Waals surface area (Å²) >= 11 is 0. The maximum atomic E-state index is 2.77. The van der Waals surface area contributed by atoms with Crippen molar-refractivity contribution in [2.75, 3.05) is 6.16 Å². The standard InChI is InChI=1S/C9H13P/c1-8(7-10)9-5-3-2-4-6-9/h2-6,8H,7,10H2,1H3. The Morgan fingerprint density at radius 1 is 1.30 bits per heavy atom. The maximum Gasteiger partial charge on any atom is -0.0156 e. The molecule has 0 amide bonds. The SMILES string of the molecule is CC(CP)c1ccccc1. The van der Waals surface area contributed by atoms with Crippen LogP contribution in [0, 0.1) is 0 Å². The highest BCUT2D eigenvalue weighted by Crippen LogP contribution is 2.15. The molecule has 0 aromatic heterocycles. The zero-order valence-corrected chi connectivity index (χ0v) is 7.40. The van der Waals surface area contributed by atoms with Crippen molar-refractivity contribution in [3.8, 4) is 0 Å². The Morgan fingerprint density at radius 3 is 2.40 bits per heavy atom. The third-order valence-corrected chi connectivity index (χ3v) is 2.43. The van der Waals surface area contributed by atoms with Gasteiger partial charge in [0, 0.05) is 0 Å². The van der Waals surface area contributed by atoms with Gasteiger partial charge in [-0.1, -0.05) is 37.3 Å². The van der Waals surface area contributed by atoms with Gasteiger partial charge in [-0.25, -0.2) is 0 Å². The van der Waals surface area contributed by atoms with E-state index in [1.165, 1.54) is 5.56 Å². The van der Waals surface area contributed by atoms with Crippen LogP contribution in [0.1, 0.15) is 18.4 Å². The van der Waals surface area contributed by atoms with E-state index < -0.39 is 0 Å². The molecule has 1 heteroatoms. The van der Waals surface area contributed by atoms with E-state index >= 15 is 0 Å². The fourth-order valence-corrected chi connectivity index (χ4v) is 1.19. The summed E-state index contributed by atoms with van der Waals surface area (Å²) in [7, 11) is 2.77. The van der Waals surface area contributed by atoms with Crippen LogP contribution < -0.4 is 0 Å². The van der Waals surface area contributed by atoms with E-state index in [1.54, 1.807) is 0 Å². The van der Waals surface area contributed by atoms with E-state index in [0.717, 1.165) is 6.16 Å². The first kappa shape index (κ1) is 7.75. The van der Waals surface area contributed by atoms with E-state index in [1.807, 2.05) is 0 Å². The largest absolute Gasteiger partial charge is 0.137 e. The molecule has 0 fully saturated rings. The fourth-order valence-electron chi connectivity index (χ4n) is 0.918. The second-order valence-electron chi connectivity index (χ2n) is 2.55. The van der Waals surface area contributed by atoms with Crippen molar-refractivity contribution in [3.05, 3.63) is 35.9 Å². The van der Waals surface area contributed by atoms with Gasteiger partial charge in [-0.2, -0.15) is 0 Å². The molecule has 0 aliphatic heterocycles. The van der Waals surface area contributed by atoms with Crippen LogP contribution in [0.25, 0.3) is 0 Å². The highest BCUT2D eigenvalue weighted by molar-refractivity contribution is 7.16. The van der Waals surface area contributed by atoms with Crippen LogP contribution in [0.15, 0.2) is 30.3 Å². The summed E-state index contributed by atoms with van der Waals surface area (Å²) in [5.41, 5.74) is 1.43. The molecule has 1 rings (SSSR count). The smallest absolute Gasteiger partial charge is 0.0156 e. The van der Waals surface area contributed by atoms with Crippen LogP contribution in [0.5, 0.6) is 0 Å². The topological polar surface area (TPSA) is 0 Å². The van der Waals surface area contributed by atoms with E-state index in [9.17, 15) is 0 Å². The number of hydrogen-bond acceptors (Lipinski definition) is 0. The Kier molecular flexibility index (Phi) is 2.89. The van der Waals surface area contributed by atoms with E-state index in [4.69, 9.17) is 0 Å². The summed E-state index contributed by atoms with van der Waals surface area (Å²) in [6.07, 6.45) is 1.14. The molecule has 0 spiro atoms. The fraction of sp³-hybridized carbons (Fsp3) is 0.333. The average Bonchev–Trinajstić information content (AvgIpc) is 2.05. The molecule has 0 aliphatic rings. The van der Waals surface area contributed by atoms with Crippen molar-refractivity contribution < 1.29 is 0 Å². The van der Waals surface area contributed by atoms with Crippen molar-refractivity contribution in [2.45, 2.75) is 12.8 Å². The molecule has 0 aliphatic carbocycles. The van der Waals surface area contributed by atoms with Gasteiger partial charge in [0.1, 0.15) is 0 Å². The van der Waals surface area contributed by atoms with Gasteiger partial charge in [0.05, 0.1) is 0 Å². The lowest BCUT2D eigenvalue weighted by atomic mass is 10.0. The normalized spacial score (nSPS) is 13.0. The van der Waals surface area contributed by atoms with Crippen LogP contribution in [0.2, 0.25) is 0 Å². The summed E-state index contributed by atoms with van der Waals surface area (Å²) < 4.78 is 0. The second kappa shape index (κ2) is 3.73. The first-order valence-corrected chi connectivity index (χ1v) is 4.41. The first-order valence-electron chi connectivity index (χ1n) is 3.59. The Bertz CT molecular complexity index is 181. The maximum absolute atomic E-state index is 2.77. The third kappa shape index (κ3) is 1.82. The number of benzene rings is 1. The molecule has 0 nitrogen and oxygen atoms in total. The quantitative estimate of drug-likeness (QED) is 0.571. The second-order valence-corrected chi connectivity index (χ2v) is 3.02. The molecule has 1 aromatic carbocycles. The first-order chi connectivity index (χ1) is 4.84. The van der Waals surface area contributed by atoms with Gasteiger partial charge in [-0.05, 0) is 17.6 Å². The summed E-state index contributed by atoms with van der Waals surface area (Å²) in [5, 5.41) is 0.